The van der Waals surface area contributed by atoms with Gasteiger partial charge in [0.1, 0.15) is 0 Å². The van der Waals surface area contributed by atoms with Crippen LogP contribution in [-0.2, 0) is 0 Å². The third-order valence-electron chi connectivity index (χ3n) is 4.92. The van der Waals surface area contributed by atoms with Gasteiger partial charge in [-0.25, -0.2) is 9.97 Å². The average Bonchev–Trinajstić information content (AvgIpc) is 2.79. The molecule has 0 saturated carbocycles. The summed E-state index contributed by atoms with van der Waals surface area (Å²) in [5.41, 5.74) is 5.06. The number of hydrogen-bond donors (Lipinski definition) is 0. The van der Waals surface area contributed by atoms with Crippen LogP contribution in [0.3, 0.4) is 0 Å². The van der Waals surface area contributed by atoms with E-state index in [9.17, 15) is 0 Å². The molecule has 0 bridgehead atoms. The lowest BCUT2D eigenvalue weighted by Gasteiger charge is -2.10. The van der Waals surface area contributed by atoms with Crippen molar-refractivity contribution in [1.29, 1.82) is 0 Å². The lowest BCUT2D eigenvalue weighted by molar-refractivity contribution is 1.18. The third-order valence-corrected chi connectivity index (χ3v) is 5.59. The van der Waals surface area contributed by atoms with E-state index < -0.39 is 0 Å². The Morgan fingerprint density at radius 2 is 1.17 bits per heavy atom. The molecule has 0 fully saturated rings. The zero-order valence-electron chi connectivity index (χ0n) is 15.6. The molecule has 0 aliphatic heterocycles. The van der Waals surface area contributed by atoms with Crippen LogP contribution in [0.5, 0.6) is 0 Å². The molecule has 4 aromatic carbocycles. The molecule has 1 aromatic heterocycles. The molecule has 0 unspecified atom stereocenters. The van der Waals surface area contributed by atoms with Crippen LogP contribution < -0.4 is 0 Å². The molecule has 5 aromatic rings. The minimum Gasteiger partial charge on any atom is -0.228 e. The predicted octanol–water partition coefficient (Wildman–Crippen LogP) is 7.24. The Bertz CT molecular complexity index is 1310. The van der Waals surface area contributed by atoms with E-state index in [0.29, 0.717) is 0 Å². The van der Waals surface area contributed by atoms with Crippen LogP contribution in [0, 0.1) is 3.57 Å². The summed E-state index contributed by atoms with van der Waals surface area (Å²) in [5, 5.41) is 2.44. The highest BCUT2D eigenvalue weighted by Crippen LogP contribution is 2.29. The van der Waals surface area contributed by atoms with Gasteiger partial charge in [0.05, 0.1) is 11.4 Å². The number of rotatable bonds is 3. The number of fused-ring (bicyclic) bond motifs is 1. The standard InChI is InChI=1S/C26H17IN2/c27-23-12-6-11-22(16-23)26-28-24(19-8-2-1-3-9-19)17-25(29-26)21-14-13-18-7-4-5-10-20(18)15-21/h1-17H. The maximum Gasteiger partial charge on any atom is 0.160 e. The SMILES string of the molecule is Ic1cccc(-c2nc(-c3ccccc3)cc(-c3ccc4ccccc4c3)n2)c1. The molecule has 2 nitrogen and oxygen atoms in total. The van der Waals surface area contributed by atoms with Crippen molar-refractivity contribution in [3.63, 3.8) is 0 Å². The molecule has 1 heterocycles. The van der Waals surface area contributed by atoms with Crippen molar-refractivity contribution in [3.8, 4) is 33.9 Å². The minimum absolute atomic E-state index is 0.744. The van der Waals surface area contributed by atoms with Gasteiger partial charge in [-0.3, -0.25) is 0 Å². The largest absolute Gasteiger partial charge is 0.228 e. The fourth-order valence-electron chi connectivity index (χ4n) is 3.46. The second-order valence-electron chi connectivity index (χ2n) is 6.90. The molecule has 0 aliphatic rings. The van der Waals surface area contributed by atoms with Crippen molar-refractivity contribution >= 4 is 33.4 Å². The Morgan fingerprint density at radius 1 is 0.483 bits per heavy atom. The van der Waals surface area contributed by atoms with Crippen molar-refractivity contribution in [2.24, 2.45) is 0 Å². The lowest BCUT2D eigenvalue weighted by atomic mass is 10.0. The highest BCUT2D eigenvalue weighted by molar-refractivity contribution is 14.1. The van der Waals surface area contributed by atoms with Crippen molar-refractivity contribution in [2.75, 3.05) is 0 Å². The Kier molecular flexibility index (Phi) is 4.82. The van der Waals surface area contributed by atoms with Crippen molar-refractivity contribution < 1.29 is 0 Å². The van der Waals surface area contributed by atoms with Crippen LogP contribution in [-0.4, -0.2) is 9.97 Å². The molecule has 5 rings (SSSR count). The Hall–Kier alpha value is -3.05. The molecule has 0 saturated heterocycles. The molecule has 3 heteroatoms. The van der Waals surface area contributed by atoms with Crippen LogP contribution >= 0.6 is 22.6 Å². The molecule has 0 aliphatic carbocycles. The fourth-order valence-corrected chi connectivity index (χ4v) is 4.00. The molecule has 138 valence electrons. The first-order chi connectivity index (χ1) is 14.3. The van der Waals surface area contributed by atoms with Gasteiger partial charge in [0.25, 0.3) is 0 Å². The van der Waals surface area contributed by atoms with Gasteiger partial charge in [-0.1, -0.05) is 78.9 Å². The van der Waals surface area contributed by atoms with E-state index in [1.54, 1.807) is 0 Å². The number of halogens is 1. The Balaban J connectivity index is 1.72. The topological polar surface area (TPSA) is 25.8 Å². The first-order valence-electron chi connectivity index (χ1n) is 9.46. The van der Waals surface area contributed by atoms with E-state index in [4.69, 9.17) is 9.97 Å². The van der Waals surface area contributed by atoms with Gasteiger partial charge >= 0.3 is 0 Å². The van der Waals surface area contributed by atoms with E-state index in [0.717, 1.165) is 33.9 Å². The monoisotopic (exact) mass is 484 g/mol. The third kappa shape index (κ3) is 3.78. The summed E-state index contributed by atoms with van der Waals surface area (Å²) in [4.78, 5) is 9.82. The zero-order valence-corrected chi connectivity index (χ0v) is 17.7. The van der Waals surface area contributed by atoms with Crippen LogP contribution in [0.2, 0.25) is 0 Å². The Morgan fingerprint density at radius 3 is 1.97 bits per heavy atom. The van der Waals surface area contributed by atoms with Gasteiger partial charge in [0.15, 0.2) is 5.82 Å². The summed E-state index contributed by atoms with van der Waals surface area (Å²) >= 11 is 2.33. The van der Waals surface area contributed by atoms with Crippen LogP contribution in [0.1, 0.15) is 0 Å². The number of aromatic nitrogens is 2. The second-order valence-corrected chi connectivity index (χ2v) is 8.15. The van der Waals surface area contributed by atoms with Crippen molar-refractivity contribution in [3.05, 3.63) is 107 Å². The quantitative estimate of drug-likeness (QED) is 0.253. The lowest BCUT2D eigenvalue weighted by Crippen LogP contribution is -1.96. The highest BCUT2D eigenvalue weighted by Gasteiger charge is 2.11. The zero-order chi connectivity index (χ0) is 19.6. The molecular formula is C26H17IN2. The van der Waals surface area contributed by atoms with E-state index in [2.05, 4.69) is 101 Å². The first-order valence-corrected chi connectivity index (χ1v) is 10.5. The summed E-state index contributed by atoms with van der Waals surface area (Å²) in [7, 11) is 0. The van der Waals surface area contributed by atoms with Gasteiger partial charge in [-0.05, 0) is 57.6 Å². The van der Waals surface area contributed by atoms with Gasteiger partial charge < -0.3 is 0 Å². The molecule has 0 N–H and O–H groups in total. The van der Waals surface area contributed by atoms with Gasteiger partial charge in [-0.15, -0.1) is 0 Å². The predicted molar refractivity (Wildman–Crippen MR) is 129 cm³/mol. The number of benzene rings is 4. The Labute approximate surface area is 183 Å². The van der Waals surface area contributed by atoms with E-state index in [-0.39, 0.29) is 0 Å². The van der Waals surface area contributed by atoms with Gasteiger partial charge in [0, 0.05) is 20.3 Å². The molecule has 0 amide bonds. The molecule has 29 heavy (non-hydrogen) atoms. The molecule has 0 atom stereocenters. The molecular weight excluding hydrogens is 467 g/mol. The second kappa shape index (κ2) is 7.76. The maximum atomic E-state index is 4.93. The highest BCUT2D eigenvalue weighted by atomic mass is 127. The van der Waals surface area contributed by atoms with E-state index in [1.807, 2.05) is 24.3 Å². The summed E-state index contributed by atoms with van der Waals surface area (Å²) in [6.45, 7) is 0. The minimum atomic E-state index is 0.744. The summed E-state index contributed by atoms with van der Waals surface area (Å²) in [6, 6.07) is 35.6. The van der Waals surface area contributed by atoms with Crippen LogP contribution in [0.4, 0.5) is 0 Å². The average molecular weight is 484 g/mol. The van der Waals surface area contributed by atoms with Crippen molar-refractivity contribution in [1.82, 2.24) is 9.97 Å². The molecule has 0 radical (unpaired) electrons. The fraction of sp³-hybridized carbons (Fsp3) is 0. The number of nitrogens with zero attached hydrogens (tertiary/aromatic N) is 2. The van der Waals surface area contributed by atoms with Crippen LogP contribution in [0.25, 0.3) is 44.7 Å². The summed E-state index contributed by atoms with van der Waals surface area (Å²) in [5.74, 6) is 0.744. The van der Waals surface area contributed by atoms with Crippen LogP contribution in [0.15, 0.2) is 103 Å². The van der Waals surface area contributed by atoms with E-state index in [1.165, 1.54) is 14.3 Å². The summed E-state index contributed by atoms with van der Waals surface area (Å²) in [6.07, 6.45) is 0. The maximum absolute atomic E-state index is 4.93. The number of hydrogen-bond acceptors (Lipinski definition) is 2. The van der Waals surface area contributed by atoms with E-state index >= 15 is 0 Å². The molecule has 0 spiro atoms. The smallest absolute Gasteiger partial charge is 0.160 e. The normalized spacial score (nSPS) is 10.9. The van der Waals surface area contributed by atoms with Crippen molar-refractivity contribution in [2.45, 2.75) is 0 Å². The summed E-state index contributed by atoms with van der Waals surface area (Å²) < 4.78 is 1.17. The van der Waals surface area contributed by atoms with Gasteiger partial charge in [-0.2, -0.15) is 0 Å². The van der Waals surface area contributed by atoms with Gasteiger partial charge in [0.2, 0.25) is 0 Å². The first kappa shape index (κ1) is 18.0.